The van der Waals surface area contributed by atoms with Crippen LogP contribution in [0.4, 0.5) is 0 Å². The molecule has 18 heavy (non-hydrogen) atoms. The Bertz CT molecular complexity index is 546. The fraction of sp³-hybridized carbons (Fsp3) is 0.286. The van der Waals surface area contributed by atoms with Crippen LogP contribution < -0.4 is 0 Å². The van der Waals surface area contributed by atoms with Crippen molar-refractivity contribution in [3.63, 3.8) is 0 Å². The Kier molecular flexibility index (Phi) is 3.77. The third kappa shape index (κ3) is 3.20. The Labute approximate surface area is 106 Å². The molecule has 1 N–H and O–H groups in total. The summed E-state index contributed by atoms with van der Waals surface area (Å²) in [6.45, 7) is 2.79. The summed E-state index contributed by atoms with van der Waals surface area (Å²) in [4.78, 5) is 14.8. The Hall–Kier alpha value is -2.10. The summed E-state index contributed by atoms with van der Waals surface area (Å²) < 4.78 is 2.00. The number of carboxylic acid groups (broad SMARTS) is 1. The molecule has 0 atom stereocenters. The lowest BCUT2D eigenvalue weighted by Gasteiger charge is -2.07. The van der Waals surface area contributed by atoms with E-state index in [4.69, 9.17) is 5.11 Å². The largest absolute Gasteiger partial charge is 0.481 e. The smallest absolute Gasteiger partial charge is 0.303 e. The summed E-state index contributed by atoms with van der Waals surface area (Å²) in [6.07, 6.45) is 4.19. The Morgan fingerprint density at radius 3 is 3.00 bits per heavy atom. The van der Waals surface area contributed by atoms with Crippen molar-refractivity contribution in [1.82, 2.24) is 9.55 Å². The van der Waals surface area contributed by atoms with Gasteiger partial charge in [-0.15, -0.1) is 0 Å². The number of hydrogen-bond donors (Lipinski definition) is 1. The minimum atomic E-state index is -0.792. The third-order valence-electron chi connectivity index (χ3n) is 2.80. The highest BCUT2D eigenvalue weighted by atomic mass is 16.4. The van der Waals surface area contributed by atoms with Crippen molar-refractivity contribution in [2.45, 2.75) is 26.3 Å². The zero-order valence-corrected chi connectivity index (χ0v) is 10.3. The van der Waals surface area contributed by atoms with E-state index < -0.39 is 5.97 Å². The molecule has 0 aliphatic carbocycles. The van der Waals surface area contributed by atoms with Crippen molar-refractivity contribution in [3.05, 3.63) is 53.6 Å². The highest BCUT2D eigenvalue weighted by Gasteiger charge is 2.06. The topological polar surface area (TPSA) is 55.1 Å². The number of rotatable bonds is 5. The van der Waals surface area contributed by atoms with Gasteiger partial charge in [-0.3, -0.25) is 4.79 Å². The van der Waals surface area contributed by atoms with Gasteiger partial charge in [-0.2, -0.15) is 0 Å². The maximum absolute atomic E-state index is 10.6. The van der Waals surface area contributed by atoms with Crippen LogP contribution in [0.2, 0.25) is 0 Å². The second-order valence-electron chi connectivity index (χ2n) is 4.35. The maximum atomic E-state index is 10.6. The van der Waals surface area contributed by atoms with Crippen LogP contribution >= 0.6 is 0 Å². The van der Waals surface area contributed by atoms with Crippen LogP contribution in [0.15, 0.2) is 36.7 Å². The molecule has 2 aromatic rings. The molecule has 0 bridgehead atoms. The second-order valence-corrected chi connectivity index (χ2v) is 4.35. The fourth-order valence-electron chi connectivity index (χ4n) is 1.94. The lowest BCUT2D eigenvalue weighted by molar-refractivity contribution is -0.137. The maximum Gasteiger partial charge on any atom is 0.303 e. The van der Waals surface area contributed by atoms with Gasteiger partial charge in [0.05, 0.1) is 6.42 Å². The predicted octanol–water partition coefficient (Wildman–Crippen LogP) is 2.26. The zero-order chi connectivity index (χ0) is 13.0. The van der Waals surface area contributed by atoms with E-state index in [-0.39, 0.29) is 6.42 Å². The summed E-state index contributed by atoms with van der Waals surface area (Å²) >= 11 is 0. The van der Waals surface area contributed by atoms with E-state index in [2.05, 4.69) is 30.1 Å². The van der Waals surface area contributed by atoms with Gasteiger partial charge in [0.1, 0.15) is 5.82 Å². The van der Waals surface area contributed by atoms with Gasteiger partial charge in [0.15, 0.2) is 0 Å². The quantitative estimate of drug-likeness (QED) is 0.877. The Morgan fingerprint density at radius 2 is 2.28 bits per heavy atom. The normalized spacial score (nSPS) is 10.5. The van der Waals surface area contributed by atoms with Crippen LogP contribution in [-0.2, 0) is 17.8 Å². The van der Waals surface area contributed by atoms with Crippen molar-refractivity contribution < 1.29 is 9.90 Å². The molecular formula is C14H16N2O2. The number of nitrogens with zero attached hydrogens (tertiary/aromatic N) is 2. The van der Waals surface area contributed by atoms with Gasteiger partial charge in [-0.25, -0.2) is 4.98 Å². The van der Waals surface area contributed by atoms with Crippen LogP contribution in [0.25, 0.3) is 0 Å². The minimum absolute atomic E-state index is 0.116. The summed E-state index contributed by atoms with van der Waals surface area (Å²) in [5.41, 5.74) is 2.42. The fourth-order valence-corrected chi connectivity index (χ4v) is 1.94. The van der Waals surface area contributed by atoms with Gasteiger partial charge < -0.3 is 9.67 Å². The van der Waals surface area contributed by atoms with Gasteiger partial charge >= 0.3 is 5.97 Å². The molecule has 0 aliphatic heterocycles. The minimum Gasteiger partial charge on any atom is -0.481 e. The standard InChI is InChI=1S/C14H16N2O2/c1-11-3-2-4-12(9-11)10-16-8-7-15-13(16)5-6-14(17)18/h2-4,7-9H,5-6,10H2,1H3,(H,17,18). The molecule has 4 heteroatoms. The highest BCUT2D eigenvalue weighted by Crippen LogP contribution is 2.09. The van der Waals surface area contributed by atoms with E-state index in [0.717, 1.165) is 12.4 Å². The molecule has 0 spiro atoms. The second kappa shape index (κ2) is 5.49. The molecule has 0 aliphatic rings. The molecule has 0 unspecified atom stereocenters. The number of carbonyl (C=O) groups is 1. The van der Waals surface area contributed by atoms with Gasteiger partial charge in [-0.05, 0) is 12.5 Å². The van der Waals surface area contributed by atoms with Crippen molar-refractivity contribution in [2.75, 3.05) is 0 Å². The molecule has 1 heterocycles. The monoisotopic (exact) mass is 244 g/mol. The molecule has 0 fully saturated rings. The van der Waals surface area contributed by atoms with Crippen LogP contribution in [0, 0.1) is 6.92 Å². The average Bonchev–Trinajstić information content (AvgIpc) is 2.74. The van der Waals surface area contributed by atoms with Gasteiger partial charge in [0.2, 0.25) is 0 Å². The molecule has 94 valence electrons. The lowest BCUT2D eigenvalue weighted by atomic mass is 10.1. The van der Waals surface area contributed by atoms with Crippen molar-refractivity contribution in [2.24, 2.45) is 0 Å². The van der Waals surface area contributed by atoms with Gasteiger partial charge in [0.25, 0.3) is 0 Å². The molecule has 4 nitrogen and oxygen atoms in total. The SMILES string of the molecule is Cc1cccc(Cn2ccnc2CCC(=O)O)c1. The first kappa shape index (κ1) is 12.4. The molecule has 1 aromatic heterocycles. The molecule has 0 saturated carbocycles. The van der Waals surface area contributed by atoms with Gasteiger partial charge in [0, 0.05) is 25.4 Å². The predicted molar refractivity (Wildman–Crippen MR) is 68.5 cm³/mol. The zero-order valence-electron chi connectivity index (χ0n) is 10.3. The van der Waals surface area contributed by atoms with Crippen molar-refractivity contribution in [1.29, 1.82) is 0 Å². The molecule has 1 aromatic carbocycles. The number of aryl methyl sites for hydroxylation is 2. The third-order valence-corrected chi connectivity index (χ3v) is 2.80. The highest BCUT2D eigenvalue weighted by molar-refractivity contribution is 5.66. The van der Waals surface area contributed by atoms with E-state index in [1.807, 2.05) is 16.8 Å². The molecule has 0 amide bonds. The number of aromatic nitrogens is 2. The molecule has 0 saturated heterocycles. The van der Waals surface area contributed by atoms with Gasteiger partial charge in [-0.1, -0.05) is 29.8 Å². The summed E-state index contributed by atoms with van der Waals surface area (Å²) in [5.74, 6) is 0.0269. The van der Waals surface area contributed by atoms with E-state index in [1.54, 1.807) is 6.20 Å². The summed E-state index contributed by atoms with van der Waals surface area (Å²) in [5, 5.41) is 8.69. The van der Waals surface area contributed by atoms with E-state index in [1.165, 1.54) is 11.1 Å². The first-order valence-electron chi connectivity index (χ1n) is 5.92. The number of hydrogen-bond acceptors (Lipinski definition) is 2. The van der Waals surface area contributed by atoms with Crippen molar-refractivity contribution >= 4 is 5.97 Å². The average molecular weight is 244 g/mol. The summed E-state index contributed by atoms with van der Waals surface area (Å²) in [7, 11) is 0. The Balaban J connectivity index is 2.10. The summed E-state index contributed by atoms with van der Waals surface area (Å²) in [6, 6.07) is 8.27. The lowest BCUT2D eigenvalue weighted by Crippen LogP contribution is -2.07. The van der Waals surface area contributed by atoms with Crippen LogP contribution in [0.5, 0.6) is 0 Å². The molecular weight excluding hydrogens is 228 g/mol. The number of aliphatic carboxylic acids is 1. The van der Waals surface area contributed by atoms with Crippen LogP contribution in [0.3, 0.4) is 0 Å². The van der Waals surface area contributed by atoms with E-state index >= 15 is 0 Å². The van der Waals surface area contributed by atoms with Crippen LogP contribution in [0.1, 0.15) is 23.4 Å². The van der Waals surface area contributed by atoms with E-state index in [0.29, 0.717) is 6.42 Å². The van der Waals surface area contributed by atoms with Crippen molar-refractivity contribution in [3.8, 4) is 0 Å². The number of imidazole rings is 1. The Morgan fingerprint density at radius 1 is 1.44 bits per heavy atom. The first-order chi connectivity index (χ1) is 8.65. The molecule has 0 radical (unpaired) electrons. The number of benzene rings is 1. The van der Waals surface area contributed by atoms with E-state index in [9.17, 15) is 4.79 Å². The van der Waals surface area contributed by atoms with Crippen LogP contribution in [-0.4, -0.2) is 20.6 Å². The number of carboxylic acids is 1. The first-order valence-corrected chi connectivity index (χ1v) is 5.92. The molecule has 2 rings (SSSR count).